The third-order valence-electron chi connectivity index (χ3n) is 8.10. The van der Waals surface area contributed by atoms with E-state index in [-0.39, 0.29) is 34.9 Å². The SMILES string of the molecule is CCC1(F)CN(C2(C)COC2)CC[C@H]1Nc1ncc2c(-c3ccc4nc(C)n(CC(F)F)c4n3)c(F)cn2n1. The quantitative estimate of drug-likeness (QED) is 0.347. The molecule has 0 saturated carbocycles. The molecule has 2 atom stereocenters. The minimum Gasteiger partial charge on any atom is -0.377 e. The smallest absolute Gasteiger partial charge is 0.256 e. The summed E-state index contributed by atoms with van der Waals surface area (Å²) in [5.74, 6) is -0.0130. The van der Waals surface area contributed by atoms with Gasteiger partial charge in [-0.3, -0.25) is 4.90 Å². The summed E-state index contributed by atoms with van der Waals surface area (Å²) in [6, 6.07) is 2.70. The first-order valence-electron chi connectivity index (χ1n) is 13.0. The number of hydrogen-bond donors (Lipinski definition) is 1. The first-order chi connectivity index (χ1) is 18.6. The fraction of sp³-hybridized carbons (Fsp3) is 0.538. The number of rotatable bonds is 7. The van der Waals surface area contributed by atoms with Crippen LogP contribution in [-0.4, -0.2) is 84.0 Å². The number of pyridine rings is 1. The molecule has 4 aromatic heterocycles. The maximum atomic E-state index is 16.1. The van der Waals surface area contributed by atoms with Crippen LogP contribution in [-0.2, 0) is 11.3 Å². The van der Waals surface area contributed by atoms with Gasteiger partial charge in [0.1, 0.15) is 17.0 Å². The number of piperidine rings is 1. The molecule has 2 aliphatic heterocycles. The molecule has 0 bridgehead atoms. The number of alkyl halides is 3. The fourth-order valence-electron chi connectivity index (χ4n) is 5.67. The molecule has 6 rings (SSSR count). The highest BCUT2D eigenvalue weighted by molar-refractivity contribution is 5.83. The number of ether oxygens (including phenoxy) is 1. The summed E-state index contributed by atoms with van der Waals surface area (Å²) in [5.41, 5.74) is -0.216. The van der Waals surface area contributed by atoms with Gasteiger partial charge >= 0.3 is 0 Å². The lowest BCUT2D eigenvalue weighted by molar-refractivity contribution is -0.153. The Kier molecular flexibility index (Phi) is 6.25. The number of hydrogen-bond acceptors (Lipinski definition) is 7. The molecule has 208 valence electrons. The maximum absolute atomic E-state index is 16.1. The van der Waals surface area contributed by atoms with Crippen molar-refractivity contribution in [3.63, 3.8) is 0 Å². The minimum absolute atomic E-state index is 0.140. The second kappa shape index (κ2) is 9.40. The molecule has 9 nitrogen and oxygen atoms in total. The number of aryl methyl sites for hydroxylation is 1. The zero-order valence-electron chi connectivity index (χ0n) is 22.0. The summed E-state index contributed by atoms with van der Waals surface area (Å²) in [5, 5.41) is 7.55. The van der Waals surface area contributed by atoms with Crippen LogP contribution >= 0.6 is 0 Å². The van der Waals surface area contributed by atoms with E-state index in [0.29, 0.717) is 49.5 Å². The van der Waals surface area contributed by atoms with Crippen LogP contribution in [0.25, 0.3) is 27.9 Å². The number of anilines is 1. The zero-order chi connectivity index (χ0) is 27.5. The van der Waals surface area contributed by atoms with Crippen LogP contribution in [0.15, 0.2) is 24.5 Å². The molecule has 2 fully saturated rings. The van der Waals surface area contributed by atoms with Crippen molar-refractivity contribution in [1.82, 2.24) is 34.0 Å². The van der Waals surface area contributed by atoms with E-state index in [4.69, 9.17) is 4.74 Å². The van der Waals surface area contributed by atoms with Crippen molar-refractivity contribution in [2.45, 2.75) is 63.8 Å². The van der Waals surface area contributed by atoms with E-state index in [1.165, 1.54) is 21.5 Å². The van der Waals surface area contributed by atoms with E-state index in [2.05, 4.69) is 37.2 Å². The van der Waals surface area contributed by atoms with Gasteiger partial charge in [0.15, 0.2) is 11.5 Å². The average molecular weight is 547 g/mol. The molecular weight excluding hydrogens is 516 g/mol. The molecule has 4 aromatic rings. The molecule has 0 amide bonds. The van der Waals surface area contributed by atoms with E-state index in [0.717, 1.165) is 0 Å². The largest absolute Gasteiger partial charge is 0.377 e. The fourth-order valence-corrected chi connectivity index (χ4v) is 5.67. The lowest BCUT2D eigenvalue weighted by Crippen LogP contribution is -2.67. The molecule has 2 saturated heterocycles. The van der Waals surface area contributed by atoms with Crippen LogP contribution in [0.5, 0.6) is 0 Å². The summed E-state index contributed by atoms with van der Waals surface area (Å²) in [7, 11) is 0. The Balaban J connectivity index is 1.28. The van der Waals surface area contributed by atoms with Crippen molar-refractivity contribution in [2.75, 3.05) is 31.6 Å². The van der Waals surface area contributed by atoms with Crippen molar-refractivity contribution in [1.29, 1.82) is 0 Å². The van der Waals surface area contributed by atoms with Crippen LogP contribution in [0.1, 0.15) is 32.5 Å². The summed E-state index contributed by atoms with van der Waals surface area (Å²) in [6.07, 6.45) is 0.944. The first-order valence-corrected chi connectivity index (χ1v) is 13.0. The second-order valence-corrected chi connectivity index (χ2v) is 10.7. The Morgan fingerprint density at radius 2 is 2.03 bits per heavy atom. The summed E-state index contributed by atoms with van der Waals surface area (Å²) in [6.45, 7) is 7.17. The molecule has 39 heavy (non-hydrogen) atoms. The number of fused-ring (bicyclic) bond motifs is 2. The van der Waals surface area contributed by atoms with Crippen molar-refractivity contribution in [3.8, 4) is 11.3 Å². The van der Waals surface area contributed by atoms with Crippen LogP contribution in [0.3, 0.4) is 0 Å². The topological polar surface area (TPSA) is 85.4 Å². The van der Waals surface area contributed by atoms with Gasteiger partial charge in [-0.05, 0) is 38.8 Å². The molecule has 0 aliphatic carbocycles. The predicted octanol–water partition coefficient (Wildman–Crippen LogP) is 4.25. The molecule has 0 spiro atoms. The monoisotopic (exact) mass is 546 g/mol. The van der Waals surface area contributed by atoms with Crippen LogP contribution in [0.4, 0.5) is 23.5 Å². The van der Waals surface area contributed by atoms with E-state index in [1.54, 1.807) is 19.1 Å². The average Bonchev–Trinajstić information content (AvgIpc) is 3.37. The molecule has 1 unspecified atom stereocenters. The number of imidazole rings is 1. The third kappa shape index (κ3) is 4.41. The van der Waals surface area contributed by atoms with Crippen LogP contribution < -0.4 is 5.32 Å². The minimum atomic E-state index is -2.59. The predicted molar refractivity (Wildman–Crippen MR) is 137 cm³/mol. The lowest BCUT2D eigenvalue weighted by atomic mass is 9.83. The molecule has 13 heteroatoms. The van der Waals surface area contributed by atoms with Gasteiger partial charge in [0.05, 0.1) is 60.5 Å². The van der Waals surface area contributed by atoms with E-state index in [9.17, 15) is 8.78 Å². The number of halogens is 4. The van der Waals surface area contributed by atoms with Crippen molar-refractivity contribution < 1.29 is 22.3 Å². The summed E-state index contributed by atoms with van der Waals surface area (Å²) < 4.78 is 65.6. The number of nitrogens with zero attached hydrogens (tertiary/aromatic N) is 7. The summed E-state index contributed by atoms with van der Waals surface area (Å²) in [4.78, 5) is 15.3. The highest BCUT2D eigenvalue weighted by Crippen LogP contribution is 2.37. The number of likely N-dealkylation sites (tertiary alicyclic amines) is 1. The normalized spacial score (nSPS) is 23.5. The van der Waals surface area contributed by atoms with E-state index < -0.39 is 30.5 Å². The Morgan fingerprint density at radius 3 is 2.72 bits per heavy atom. The Bertz CT molecular complexity index is 1530. The molecule has 0 aromatic carbocycles. The Hall–Kier alpha value is -3.32. The highest BCUT2D eigenvalue weighted by atomic mass is 19.3. The summed E-state index contributed by atoms with van der Waals surface area (Å²) >= 11 is 0. The van der Waals surface area contributed by atoms with Crippen molar-refractivity contribution >= 4 is 22.6 Å². The Labute approximate surface area is 222 Å². The second-order valence-electron chi connectivity index (χ2n) is 10.7. The zero-order valence-corrected chi connectivity index (χ0v) is 22.0. The number of aromatic nitrogens is 6. The van der Waals surface area contributed by atoms with Crippen molar-refractivity contribution in [3.05, 3.63) is 36.2 Å². The molecule has 6 heterocycles. The first kappa shape index (κ1) is 25.9. The standard InChI is InChI=1S/C26H30F4N8O/c1-4-26(30)12-36(25(3)13-39-14-25)8-7-20(26)34-24-31-9-19-22(16(27)10-38(19)35-24)17-5-6-18-23(33-17)37(11-21(28)29)15(2)32-18/h5-6,9-10,20-21H,4,7-8,11-14H2,1-3H3,(H,34,35)/t20-,26?/m1/s1. The van der Waals surface area contributed by atoms with Gasteiger partial charge in [0.2, 0.25) is 5.95 Å². The van der Waals surface area contributed by atoms with Crippen LogP contribution in [0.2, 0.25) is 0 Å². The number of nitrogens with one attached hydrogen (secondary N) is 1. The van der Waals surface area contributed by atoms with Gasteiger partial charge < -0.3 is 14.6 Å². The van der Waals surface area contributed by atoms with Gasteiger partial charge in [-0.2, -0.15) is 0 Å². The third-order valence-corrected chi connectivity index (χ3v) is 8.10. The molecule has 2 aliphatic rings. The van der Waals surface area contributed by atoms with Crippen LogP contribution in [0, 0.1) is 12.7 Å². The van der Waals surface area contributed by atoms with Crippen molar-refractivity contribution in [2.24, 2.45) is 0 Å². The Morgan fingerprint density at radius 1 is 1.23 bits per heavy atom. The maximum Gasteiger partial charge on any atom is 0.256 e. The van der Waals surface area contributed by atoms with Gasteiger partial charge in [-0.15, -0.1) is 5.10 Å². The van der Waals surface area contributed by atoms with E-state index >= 15 is 8.78 Å². The van der Waals surface area contributed by atoms with E-state index in [1.807, 2.05) is 6.92 Å². The van der Waals surface area contributed by atoms with Gasteiger partial charge in [-0.1, -0.05) is 6.92 Å². The lowest BCUT2D eigenvalue weighted by Gasteiger charge is -2.53. The van der Waals surface area contributed by atoms with Gasteiger partial charge in [-0.25, -0.2) is 37.0 Å². The molecule has 1 N–H and O–H groups in total. The van der Waals surface area contributed by atoms with Gasteiger partial charge in [0.25, 0.3) is 6.43 Å². The molecular formula is C26H30F4N8O. The molecule has 0 radical (unpaired) electrons. The highest BCUT2D eigenvalue weighted by Gasteiger charge is 2.49. The van der Waals surface area contributed by atoms with Gasteiger partial charge in [0, 0.05) is 13.1 Å².